The number of aryl methyl sites for hydroxylation is 1. The maximum absolute atomic E-state index is 12.4. The zero-order valence-corrected chi connectivity index (χ0v) is 12.5. The Morgan fingerprint density at radius 3 is 2.62 bits per heavy atom. The lowest BCUT2D eigenvalue weighted by molar-refractivity contribution is 0.0784. The number of methoxy groups -OCH3 is 1. The molecule has 4 nitrogen and oxygen atoms in total. The largest absolute Gasteiger partial charge is 0.508 e. The molecule has 110 valence electrons. The Morgan fingerprint density at radius 1 is 1.24 bits per heavy atom. The molecule has 0 heterocycles. The van der Waals surface area contributed by atoms with E-state index in [2.05, 4.69) is 0 Å². The number of rotatable bonds is 4. The maximum Gasteiger partial charge on any atom is 0.253 e. The third-order valence-electron chi connectivity index (χ3n) is 3.39. The molecule has 1 amide bonds. The average Bonchev–Trinajstić information content (AvgIpc) is 2.49. The van der Waals surface area contributed by atoms with Gasteiger partial charge in [-0.3, -0.25) is 4.79 Å². The molecular weight excluding hydrogens is 266 g/mol. The summed E-state index contributed by atoms with van der Waals surface area (Å²) in [6, 6.07) is 12.5. The van der Waals surface area contributed by atoms with Gasteiger partial charge in [0.15, 0.2) is 0 Å². The van der Waals surface area contributed by atoms with E-state index in [1.54, 1.807) is 44.2 Å². The molecule has 0 saturated heterocycles. The van der Waals surface area contributed by atoms with Gasteiger partial charge in [-0.2, -0.15) is 0 Å². The van der Waals surface area contributed by atoms with E-state index >= 15 is 0 Å². The average molecular weight is 285 g/mol. The van der Waals surface area contributed by atoms with Crippen molar-refractivity contribution in [2.24, 2.45) is 0 Å². The van der Waals surface area contributed by atoms with E-state index in [4.69, 9.17) is 4.74 Å². The van der Waals surface area contributed by atoms with Crippen LogP contribution in [-0.4, -0.2) is 30.1 Å². The highest BCUT2D eigenvalue weighted by molar-refractivity contribution is 5.94. The smallest absolute Gasteiger partial charge is 0.253 e. The summed E-state index contributed by atoms with van der Waals surface area (Å²) in [7, 11) is 3.36. The van der Waals surface area contributed by atoms with Gasteiger partial charge >= 0.3 is 0 Å². The predicted molar refractivity (Wildman–Crippen MR) is 81.6 cm³/mol. The Morgan fingerprint density at radius 2 is 1.95 bits per heavy atom. The van der Waals surface area contributed by atoms with Crippen LogP contribution >= 0.6 is 0 Å². The molecule has 0 unspecified atom stereocenters. The first-order chi connectivity index (χ1) is 10.0. The third-order valence-corrected chi connectivity index (χ3v) is 3.39. The lowest BCUT2D eigenvalue weighted by Gasteiger charge is -2.19. The number of phenols is 1. The van der Waals surface area contributed by atoms with E-state index in [0.29, 0.717) is 17.7 Å². The fourth-order valence-corrected chi connectivity index (χ4v) is 2.17. The molecule has 0 spiro atoms. The van der Waals surface area contributed by atoms with Gasteiger partial charge < -0.3 is 14.7 Å². The molecule has 0 saturated carbocycles. The van der Waals surface area contributed by atoms with Gasteiger partial charge in [0.25, 0.3) is 5.91 Å². The van der Waals surface area contributed by atoms with Crippen LogP contribution < -0.4 is 4.74 Å². The summed E-state index contributed by atoms with van der Waals surface area (Å²) >= 11 is 0. The van der Waals surface area contributed by atoms with Crippen LogP contribution in [0.15, 0.2) is 42.5 Å². The summed E-state index contributed by atoms with van der Waals surface area (Å²) in [6.07, 6.45) is 0. The molecular formula is C17H19NO3. The number of ether oxygens (including phenoxy) is 1. The molecule has 2 aromatic carbocycles. The second kappa shape index (κ2) is 6.31. The maximum atomic E-state index is 12.4. The second-order valence-corrected chi connectivity index (χ2v) is 4.97. The van der Waals surface area contributed by atoms with Crippen LogP contribution in [0, 0.1) is 6.92 Å². The molecule has 0 fully saturated rings. The summed E-state index contributed by atoms with van der Waals surface area (Å²) in [5.74, 6) is 0.863. The number of hydrogen-bond acceptors (Lipinski definition) is 3. The van der Waals surface area contributed by atoms with Crippen molar-refractivity contribution in [3.8, 4) is 11.5 Å². The molecule has 0 aromatic heterocycles. The molecule has 0 radical (unpaired) electrons. The van der Waals surface area contributed by atoms with Crippen molar-refractivity contribution in [1.82, 2.24) is 4.90 Å². The Balaban J connectivity index is 2.17. The summed E-state index contributed by atoms with van der Waals surface area (Å²) in [5, 5.41) is 9.53. The van der Waals surface area contributed by atoms with Gasteiger partial charge in [0.05, 0.1) is 7.11 Å². The molecule has 1 N–H and O–H groups in total. The van der Waals surface area contributed by atoms with Crippen molar-refractivity contribution >= 4 is 5.91 Å². The topological polar surface area (TPSA) is 49.8 Å². The number of aromatic hydroxyl groups is 1. The third kappa shape index (κ3) is 3.34. The van der Waals surface area contributed by atoms with Gasteiger partial charge in [0.2, 0.25) is 0 Å². The Hall–Kier alpha value is -2.49. The molecule has 0 atom stereocenters. The normalized spacial score (nSPS) is 10.2. The summed E-state index contributed by atoms with van der Waals surface area (Å²) in [6.45, 7) is 2.23. The number of hydrogen-bond donors (Lipinski definition) is 1. The van der Waals surface area contributed by atoms with Gasteiger partial charge in [0.1, 0.15) is 11.5 Å². The van der Waals surface area contributed by atoms with E-state index in [1.807, 2.05) is 24.3 Å². The SMILES string of the molecule is COc1ccccc1CN(C)C(=O)c1ccc(O)c(C)c1. The zero-order chi connectivity index (χ0) is 15.4. The van der Waals surface area contributed by atoms with Crippen LogP contribution in [0.1, 0.15) is 21.5 Å². The van der Waals surface area contributed by atoms with Crippen molar-refractivity contribution in [2.45, 2.75) is 13.5 Å². The van der Waals surface area contributed by atoms with E-state index in [0.717, 1.165) is 11.3 Å². The van der Waals surface area contributed by atoms with Gasteiger partial charge in [-0.1, -0.05) is 18.2 Å². The monoisotopic (exact) mass is 285 g/mol. The lowest BCUT2D eigenvalue weighted by Crippen LogP contribution is -2.26. The Kier molecular flexibility index (Phi) is 4.48. The first-order valence-corrected chi connectivity index (χ1v) is 6.70. The second-order valence-electron chi connectivity index (χ2n) is 4.97. The summed E-state index contributed by atoms with van der Waals surface area (Å²) in [4.78, 5) is 14.0. The number of phenolic OH excluding ortho intramolecular Hbond substituents is 1. The molecule has 21 heavy (non-hydrogen) atoms. The molecule has 2 rings (SSSR count). The highest BCUT2D eigenvalue weighted by atomic mass is 16.5. The van der Waals surface area contributed by atoms with Crippen molar-refractivity contribution < 1.29 is 14.6 Å². The molecule has 0 aliphatic heterocycles. The first-order valence-electron chi connectivity index (χ1n) is 6.70. The van der Waals surface area contributed by atoms with E-state index in [9.17, 15) is 9.90 Å². The minimum atomic E-state index is -0.0935. The quantitative estimate of drug-likeness (QED) is 0.939. The van der Waals surface area contributed by atoms with Crippen molar-refractivity contribution in [2.75, 3.05) is 14.2 Å². The lowest BCUT2D eigenvalue weighted by atomic mass is 10.1. The van der Waals surface area contributed by atoms with Gasteiger partial charge in [-0.25, -0.2) is 0 Å². The van der Waals surface area contributed by atoms with E-state index in [1.165, 1.54) is 0 Å². The highest BCUT2D eigenvalue weighted by Crippen LogP contribution is 2.21. The van der Waals surface area contributed by atoms with Crippen LogP contribution in [-0.2, 0) is 6.54 Å². The fourth-order valence-electron chi connectivity index (χ4n) is 2.17. The Bertz CT molecular complexity index is 652. The number of carbonyl (C=O) groups excluding carboxylic acids is 1. The van der Waals surface area contributed by atoms with Crippen LogP contribution in [0.2, 0.25) is 0 Å². The van der Waals surface area contributed by atoms with Crippen LogP contribution in [0.5, 0.6) is 11.5 Å². The standard InChI is InChI=1S/C17H19NO3/c1-12-10-13(8-9-15(12)19)17(20)18(2)11-14-6-4-5-7-16(14)21-3/h4-10,19H,11H2,1-3H3. The number of nitrogens with zero attached hydrogens (tertiary/aromatic N) is 1. The number of amides is 1. The zero-order valence-electron chi connectivity index (χ0n) is 12.5. The molecule has 0 bridgehead atoms. The number of benzene rings is 2. The van der Waals surface area contributed by atoms with Crippen molar-refractivity contribution in [3.63, 3.8) is 0 Å². The number of carbonyl (C=O) groups is 1. The van der Waals surface area contributed by atoms with Gasteiger partial charge in [-0.15, -0.1) is 0 Å². The van der Waals surface area contributed by atoms with E-state index < -0.39 is 0 Å². The van der Waals surface area contributed by atoms with Crippen molar-refractivity contribution in [1.29, 1.82) is 0 Å². The first kappa shape index (κ1) is 14.9. The Labute approximate surface area is 124 Å². The fraction of sp³-hybridized carbons (Fsp3) is 0.235. The van der Waals surface area contributed by atoms with Gasteiger partial charge in [-0.05, 0) is 36.8 Å². The van der Waals surface area contributed by atoms with E-state index in [-0.39, 0.29) is 11.7 Å². The van der Waals surface area contributed by atoms with Crippen LogP contribution in [0.25, 0.3) is 0 Å². The highest BCUT2D eigenvalue weighted by Gasteiger charge is 2.14. The number of para-hydroxylation sites is 1. The summed E-state index contributed by atoms with van der Waals surface area (Å²) in [5.41, 5.74) is 2.19. The van der Waals surface area contributed by atoms with Crippen molar-refractivity contribution in [3.05, 3.63) is 59.2 Å². The molecule has 2 aromatic rings. The van der Waals surface area contributed by atoms with Gasteiger partial charge in [0, 0.05) is 24.7 Å². The summed E-state index contributed by atoms with van der Waals surface area (Å²) < 4.78 is 5.30. The predicted octanol–water partition coefficient (Wildman–Crippen LogP) is 2.98. The minimum absolute atomic E-state index is 0.0935. The molecule has 4 heteroatoms. The minimum Gasteiger partial charge on any atom is -0.508 e. The molecule has 0 aliphatic carbocycles. The van der Waals surface area contributed by atoms with Crippen LogP contribution in [0.3, 0.4) is 0 Å². The molecule has 0 aliphatic rings. The van der Waals surface area contributed by atoms with Crippen LogP contribution in [0.4, 0.5) is 0 Å².